The Bertz CT molecular complexity index is 591. The van der Waals surface area contributed by atoms with E-state index in [1.165, 1.54) is 17.8 Å². The van der Waals surface area contributed by atoms with E-state index in [9.17, 15) is 0 Å². The van der Waals surface area contributed by atoms with Crippen LogP contribution in [0.25, 0.3) is 0 Å². The van der Waals surface area contributed by atoms with Gasteiger partial charge in [-0.05, 0) is 12.8 Å². The molecule has 124 valence electrons. The summed E-state index contributed by atoms with van der Waals surface area (Å²) in [5, 5.41) is 6.30. The molecule has 23 heavy (non-hydrogen) atoms. The van der Waals surface area contributed by atoms with E-state index in [4.69, 9.17) is 9.47 Å². The summed E-state index contributed by atoms with van der Waals surface area (Å²) in [6.07, 6.45) is 6.40. The third-order valence-electron chi connectivity index (χ3n) is 4.70. The van der Waals surface area contributed by atoms with Crippen molar-refractivity contribution in [2.24, 2.45) is 5.92 Å². The van der Waals surface area contributed by atoms with Crippen LogP contribution in [-0.2, 0) is 22.6 Å². The summed E-state index contributed by atoms with van der Waals surface area (Å²) in [5.74, 6) is 0.499. The zero-order chi connectivity index (χ0) is 15.5. The molecule has 0 amide bonds. The number of aromatic nitrogens is 2. The molecular formula is C16H21N3O2S2. The molecule has 2 fully saturated rings. The molecule has 2 aliphatic rings. The molecule has 0 bridgehead atoms. The quantitative estimate of drug-likeness (QED) is 0.801. The molecule has 2 aromatic rings. The molecule has 0 unspecified atom stereocenters. The zero-order valence-electron chi connectivity index (χ0n) is 13.0. The molecule has 3 heterocycles. The second-order valence-electron chi connectivity index (χ2n) is 6.08. The highest BCUT2D eigenvalue weighted by Crippen LogP contribution is 2.35. The molecule has 1 saturated heterocycles. The number of hydrogen-bond acceptors (Lipinski definition) is 7. The third-order valence-corrected chi connectivity index (χ3v) is 6.22. The van der Waals surface area contributed by atoms with Crippen molar-refractivity contribution in [3.05, 3.63) is 33.2 Å². The van der Waals surface area contributed by atoms with Crippen LogP contribution in [0.5, 0.6) is 0 Å². The van der Waals surface area contributed by atoms with Crippen molar-refractivity contribution < 1.29 is 9.47 Å². The Morgan fingerprint density at radius 2 is 2.00 bits per heavy atom. The maximum atomic E-state index is 6.10. The van der Waals surface area contributed by atoms with Crippen molar-refractivity contribution in [1.82, 2.24) is 14.9 Å². The second kappa shape index (κ2) is 7.36. The Morgan fingerprint density at radius 3 is 2.78 bits per heavy atom. The summed E-state index contributed by atoms with van der Waals surface area (Å²) in [6, 6.07) is 0.515. The van der Waals surface area contributed by atoms with Crippen LogP contribution in [0.1, 0.15) is 22.9 Å². The Hall–Kier alpha value is -0.860. The van der Waals surface area contributed by atoms with Crippen LogP contribution in [0.4, 0.5) is 0 Å². The highest BCUT2D eigenvalue weighted by atomic mass is 32.1. The van der Waals surface area contributed by atoms with Gasteiger partial charge in [-0.1, -0.05) is 0 Å². The van der Waals surface area contributed by atoms with E-state index < -0.39 is 0 Å². The van der Waals surface area contributed by atoms with E-state index in [2.05, 4.69) is 20.2 Å². The highest BCUT2D eigenvalue weighted by Gasteiger charge is 2.42. The lowest BCUT2D eigenvalue weighted by molar-refractivity contribution is -0.0891. The molecule has 0 radical (unpaired) electrons. The van der Waals surface area contributed by atoms with Crippen LogP contribution in [0.3, 0.4) is 0 Å². The fourth-order valence-electron chi connectivity index (χ4n) is 3.64. The summed E-state index contributed by atoms with van der Waals surface area (Å²) >= 11 is 3.39. The Kier molecular flexibility index (Phi) is 5.01. The first-order chi connectivity index (χ1) is 11.4. The third kappa shape index (κ3) is 3.64. The first kappa shape index (κ1) is 15.7. The van der Waals surface area contributed by atoms with Crippen LogP contribution < -0.4 is 0 Å². The van der Waals surface area contributed by atoms with Gasteiger partial charge >= 0.3 is 0 Å². The van der Waals surface area contributed by atoms with E-state index in [0.717, 1.165) is 31.3 Å². The lowest BCUT2D eigenvalue weighted by Crippen LogP contribution is -2.50. The smallest absolute Gasteiger partial charge is 0.118 e. The van der Waals surface area contributed by atoms with Crippen molar-refractivity contribution >= 4 is 22.7 Å². The lowest BCUT2D eigenvalue weighted by atomic mass is 10.0. The number of ether oxygens (including phenoxy) is 2. The molecule has 1 saturated carbocycles. The highest BCUT2D eigenvalue weighted by molar-refractivity contribution is 7.09. The topological polar surface area (TPSA) is 47.5 Å². The first-order valence-corrected chi connectivity index (χ1v) is 9.86. The first-order valence-electron chi connectivity index (χ1n) is 8.10. The number of nitrogens with zero attached hydrogens (tertiary/aromatic N) is 3. The van der Waals surface area contributed by atoms with Gasteiger partial charge in [-0.25, -0.2) is 9.97 Å². The zero-order valence-corrected chi connectivity index (χ0v) is 14.6. The van der Waals surface area contributed by atoms with Crippen LogP contribution in [0.15, 0.2) is 23.2 Å². The van der Waals surface area contributed by atoms with Crippen molar-refractivity contribution in [3.63, 3.8) is 0 Å². The largest absolute Gasteiger partial charge is 0.375 e. The van der Waals surface area contributed by atoms with Gasteiger partial charge in [-0.15, -0.1) is 22.7 Å². The summed E-state index contributed by atoms with van der Waals surface area (Å²) in [5.41, 5.74) is 0. The number of thiazole rings is 2. The minimum absolute atomic E-state index is 0.306. The predicted octanol–water partition coefficient (Wildman–Crippen LogP) is 2.80. The van der Waals surface area contributed by atoms with E-state index in [0.29, 0.717) is 24.7 Å². The van der Waals surface area contributed by atoms with Crippen LogP contribution in [-0.4, -0.2) is 46.8 Å². The van der Waals surface area contributed by atoms with Gasteiger partial charge in [0.05, 0.1) is 32.5 Å². The summed E-state index contributed by atoms with van der Waals surface area (Å²) in [6.45, 7) is 4.16. The summed E-state index contributed by atoms with van der Waals surface area (Å²) in [4.78, 5) is 11.2. The fourth-order valence-corrected chi connectivity index (χ4v) is 4.83. The lowest BCUT2D eigenvalue weighted by Gasteiger charge is -2.38. The molecule has 0 aromatic carbocycles. The molecule has 4 rings (SSSR count). The van der Waals surface area contributed by atoms with Crippen molar-refractivity contribution in [2.45, 2.75) is 38.1 Å². The average Bonchev–Trinajstić information content (AvgIpc) is 3.30. The van der Waals surface area contributed by atoms with E-state index >= 15 is 0 Å². The SMILES string of the molecule is c1csc(COC[C@@H]2CC[C@@H]3[C@@H]2OCCN3Cc2nccs2)n1. The van der Waals surface area contributed by atoms with Gasteiger partial charge < -0.3 is 9.47 Å². The molecule has 3 atom stereocenters. The predicted molar refractivity (Wildman–Crippen MR) is 90.5 cm³/mol. The Morgan fingerprint density at radius 1 is 1.17 bits per heavy atom. The van der Waals surface area contributed by atoms with E-state index in [-0.39, 0.29) is 0 Å². The summed E-state index contributed by atoms with van der Waals surface area (Å²) in [7, 11) is 0. The minimum Gasteiger partial charge on any atom is -0.375 e. The van der Waals surface area contributed by atoms with E-state index in [1.807, 2.05) is 17.8 Å². The van der Waals surface area contributed by atoms with Gasteiger partial charge in [0.15, 0.2) is 0 Å². The second-order valence-corrected chi connectivity index (χ2v) is 8.04. The van der Waals surface area contributed by atoms with Crippen molar-refractivity contribution in [2.75, 3.05) is 19.8 Å². The number of rotatable bonds is 6. The Balaban J connectivity index is 1.31. The normalized spacial score (nSPS) is 28.1. The molecule has 7 heteroatoms. The van der Waals surface area contributed by atoms with Gasteiger partial charge in [0.25, 0.3) is 0 Å². The van der Waals surface area contributed by atoms with Gasteiger partial charge in [-0.3, -0.25) is 4.90 Å². The molecular weight excluding hydrogens is 330 g/mol. The molecule has 0 N–H and O–H groups in total. The monoisotopic (exact) mass is 351 g/mol. The maximum Gasteiger partial charge on any atom is 0.118 e. The van der Waals surface area contributed by atoms with Gasteiger partial charge in [0.1, 0.15) is 10.0 Å². The standard InChI is InChI=1S/C16H21N3O2S2/c1-2-13-16(12(1)10-20-11-15-18-4-8-23-15)21-6-5-19(13)9-14-17-3-7-22-14/h3-4,7-8,12-13,16H,1-2,5-6,9-11H2/t12-,13+,16+/m0/s1. The maximum absolute atomic E-state index is 6.10. The Labute approximate surface area is 144 Å². The average molecular weight is 351 g/mol. The fraction of sp³-hybridized carbons (Fsp3) is 0.625. The van der Waals surface area contributed by atoms with Gasteiger partial charge in [0.2, 0.25) is 0 Å². The molecule has 5 nitrogen and oxygen atoms in total. The van der Waals surface area contributed by atoms with Crippen LogP contribution in [0, 0.1) is 5.92 Å². The molecule has 1 aliphatic carbocycles. The molecule has 0 spiro atoms. The number of hydrogen-bond donors (Lipinski definition) is 0. The molecule has 1 aliphatic heterocycles. The van der Waals surface area contributed by atoms with Crippen LogP contribution >= 0.6 is 22.7 Å². The number of fused-ring (bicyclic) bond motifs is 1. The minimum atomic E-state index is 0.306. The summed E-state index contributed by atoms with van der Waals surface area (Å²) < 4.78 is 12.0. The van der Waals surface area contributed by atoms with Crippen molar-refractivity contribution in [1.29, 1.82) is 0 Å². The molecule has 2 aromatic heterocycles. The van der Waals surface area contributed by atoms with Gasteiger partial charge in [-0.2, -0.15) is 0 Å². The van der Waals surface area contributed by atoms with Crippen molar-refractivity contribution in [3.8, 4) is 0 Å². The number of morpholine rings is 1. The van der Waals surface area contributed by atoms with Gasteiger partial charge in [0, 0.05) is 41.7 Å². The van der Waals surface area contributed by atoms with E-state index in [1.54, 1.807) is 22.7 Å². The van der Waals surface area contributed by atoms with Crippen LogP contribution in [0.2, 0.25) is 0 Å².